The fourth-order valence-electron chi connectivity index (χ4n) is 1.98. The van der Waals surface area contributed by atoms with Crippen LogP contribution < -0.4 is 5.32 Å². The van der Waals surface area contributed by atoms with Gasteiger partial charge in [0.25, 0.3) is 0 Å². The van der Waals surface area contributed by atoms with Gasteiger partial charge in [-0.15, -0.1) is 0 Å². The molecule has 4 heteroatoms. The Balaban J connectivity index is 1.94. The highest BCUT2D eigenvalue weighted by Crippen LogP contribution is 2.25. The molecule has 0 radical (unpaired) electrons. The number of furan rings is 1. The van der Waals surface area contributed by atoms with Crippen molar-refractivity contribution in [1.29, 1.82) is 5.26 Å². The molecule has 3 rings (SSSR count). The summed E-state index contributed by atoms with van der Waals surface area (Å²) in [6.45, 7) is 0.550. The predicted molar refractivity (Wildman–Crippen MR) is 69.0 cm³/mol. The van der Waals surface area contributed by atoms with Gasteiger partial charge in [0.2, 0.25) is 0 Å². The lowest BCUT2D eigenvalue weighted by Crippen LogP contribution is -1.99. The molecule has 0 amide bonds. The van der Waals surface area contributed by atoms with Crippen LogP contribution in [0.4, 0.5) is 5.82 Å². The minimum Gasteiger partial charge on any atom is -0.467 e. The Labute approximate surface area is 104 Å². The van der Waals surface area contributed by atoms with Crippen molar-refractivity contribution in [3.8, 4) is 6.07 Å². The van der Waals surface area contributed by atoms with Crippen LogP contribution in [-0.4, -0.2) is 4.98 Å². The van der Waals surface area contributed by atoms with Crippen LogP contribution in [-0.2, 0) is 6.54 Å². The molecular formula is C14H11N3O. The van der Waals surface area contributed by atoms with Gasteiger partial charge >= 0.3 is 0 Å². The summed E-state index contributed by atoms with van der Waals surface area (Å²) < 4.78 is 5.24. The second kappa shape index (κ2) is 4.30. The third-order valence-corrected chi connectivity index (χ3v) is 2.84. The Hall–Kier alpha value is -2.67. The Kier molecular flexibility index (Phi) is 2.50. The summed E-state index contributed by atoms with van der Waals surface area (Å²) in [7, 11) is 0. The zero-order valence-corrected chi connectivity index (χ0v) is 9.60. The molecule has 0 spiro atoms. The lowest BCUT2D eigenvalue weighted by molar-refractivity contribution is 0.518. The molecule has 0 aliphatic carbocycles. The molecule has 18 heavy (non-hydrogen) atoms. The fourth-order valence-corrected chi connectivity index (χ4v) is 1.98. The normalized spacial score (nSPS) is 10.4. The largest absolute Gasteiger partial charge is 0.467 e. The summed E-state index contributed by atoms with van der Waals surface area (Å²) in [5.41, 5.74) is 1.59. The van der Waals surface area contributed by atoms with Crippen molar-refractivity contribution >= 4 is 16.7 Å². The molecule has 0 aliphatic rings. The summed E-state index contributed by atoms with van der Waals surface area (Å²) in [4.78, 5) is 3.20. The monoisotopic (exact) mass is 237 g/mol. The Morgan fingerprint density at radius 2 is 2.11 bits per heavy atom. The topological polar surface area (TPSA) is 64.8 Å². The Morgan fingerprint density at radius 1 is 1.22 bits per heavy atom. The summed E-state index contributed by atoms with van der Waals surface area (Å²) in [5, 5.41) is 13.3. The number of hydrogen-bond donors (Lipinski definition) is 2. The van der Waals surface area contributed by atoms with E-state index in [0.29, 0.717) is 12.1 Å². The Bertz CT molecular complexity index is 704. The first kappa shape index (κ1) is 10.5. The van der Waals surface area contributed by atoms with E-state index in [9.17, 15) is 5.26 Å². The van der Waals surface area contributed by atoms with Gasteiger partial charge in [-0.3, -0.25) is 0 Å². The number of fused-ring (bicyclic) bond motifs is 1. The molecule has 2 N–H and O–H groups in total. The molecule has 0 aliphatic heterocycles. The van der Waals surface area contributed by atoms with Gasteiger partial charge < -0.3 is 14.7 Å². The van der Waals surface area contributed by atoms with E-state index in [4.69, 9.17) is 4.42 Å². The molecule has 88 valence electrons. The summed E-state index contributed by atoms with van der Waals surface area (Å²) in [6.07, 6.45) is 1.63. The van der Waals surface area contributed by atoms with Crippen LogP contribution in [0, 0.1) is 11.3 Å². The van der Waals surface area contributed by atoms with Gasteiger partial charge in [0, 0.05) is 10.9 Å². The molecular weight excluding hydrogens is 226 g/mol. The maximum absolute atomic E-state index is 9.23. The molecule has 0 bridgehead atoms. The number of nitrogens with zero attached hydrogens (tertiary/aromatic N) is 1. The molecule has 2 aromatic heterocycles. The highest BCUT2D eigenvalue weighted by molar-refractivity contribution is 5.91. The molecule has 1 aromatic carbocycles. The molecule has 2 heterocycles. The van der Waals surface area contributed by atoms with E-state index >= 15 is 0 Å². The lowest BCUT2D eigenvalue weighted by Gasteiger charge is -2.01. The first-order valence-electron chi connectivity index (χ1n) is 5.65. The van der Waals surface area contributed by atoms with Gasteiger partial charge in [-0.2, -0.15) is 5.26 Å². The Morgan fingerprint density at radius 3 is 2.89 bits per heavy atom. The van der Waals surface area contributed by atoms with E-state index < -0.39 is 0 Å². The number of benzene rings is 1. The zero-order valence-electron chi connectivity index (χ0n) is 9.60. The molecule has 0 fully saturated rings. The van der Waals surface area contributed by atoms with Crippen LogP contribution in [0.5, 0.6) is 0 Å². The van der Waals surface area contributed by atoms with Gasteiger partial charge in [0.1, 0.15) is 23.2 Å². The van der Waals surface area contributed by atoms with Crippen LogP contribution >= 0.6 is 0 Å². The number of H-pyrrole nitrogens is 1. The third-order valence-electron chi connectivity index (χ3n) is 2.84. The van der Waals surface area contributed by atoms with Crippen molar-refractivity contribution in [1.82, 2.24) is 4.98 Å². The molecule has 0 saturated heterocycles. The van der Waals surface area contributed by atoms with Gasteiger partial charge in [-0.25, -0.2) is 0 Å². The smallest absolute Gasteiger partial charge is 0.122 e. The summed E-state index contributed by atoms with van der Waals surface area (Å²) >= 11 is 0. The van der Waals surface area contributed by atoms with Crippen molar-refractivity contribution < 1.29 is 4.42 Å². The van der Waals surface area contributed by atoms with E-state index in [2.05, 4.69) is 16.4 Å². The number of hydrogen-bond acceptors (Lipinski definition) is 3. The van der Waals surface area contributed by atoms with Crippen LogP contribution in [0.1, 0.15) is 11.3 Å². The highest BCUT2D eigenvalue weighted by atomic mass is 16.3. The summed E-state index contributed by atoms with van der Waals surface area (Å²) in [5.74, 6) is 1.56. The van der Waals surface area contributed by atoms with Gasteiger partial charge in [-0.1, -0.05) is 18.2 Å². The van der Waals surface area contributed by atoms with E-state index in [-0.39, 0.29) is 0 Å². The van der Waals surface area contributed by atoms with Gasteiger partial charge in [-0.05, 0) is 18.2 Å². The fraction of sp³-hybridized carbons (Fsp3) is 0.0714. The van der Waals surface area contributed by atoms with Crippen molar-refractivity contribution in [2.24, 2.45) is 0 Å². The number of nitriles is 1. The second-order valence-corrected chi connectivity index (χ2v) is 3.97. The molecule has 3 aromatic rings. The molecule has 0 saturated carbocycles. The number of para-hydroxylation sites is 1. The number of rotatable bonds is 3. The van der Waals surface area contributed by atoms with Crippen LogP contribution in [0.25, 0.3) is 10.9 Å². The second-order valence-electron chi connectivity index (χ2n) is 3.97. The maximum Gasteiger partial charge on any atom is 0.122 e. The molecule has 4 nitrogen and oxygen atoms in total. The van der Waals surface area contributed by atoms with Crippen molar-refractivity contribution in [3.05, 3.63) is 54.0 Å². The first-order chi connectivity index (χ1) is 8.88. The van der Waals surface area contributed by atoms with E-state index in [1.165, 1.54) is 0 Å². The van der Waals surface area contributed by atoms with E-state index in [1.54, 1.807) is 6.26 Å². The minimum absolute atomic E-state index is 0.550. The van der Waals surface area contributed by atoms with Crippen LogP contribution in [0.3, 0.4) is 0 Å². The van der Waals surface area contributed by atoms with E-state index in [0.717, 1.165) is 22.5 Å². The van der Waals surface area contributed by atoms with Crippen molar-refractivity contribution in [3.63, 3.8) is 0 Å². The predicted octanol–water partition coefficient (Wildman–Crippen LogP) is 3.24. The number of aromatic amines is 1. The van der Waals surface area contributed by atoms with Crippen LogP contribution in [0.15, 0.2) is 47.1 Å². The van der Waals surface area contributed by atoms with Crippen molar-refractivity contribution in [2.45, 2.75) is 6.54 Å². The van der Waals surface area contributed by atoms with E-state index in [1.807, 2.05) is 36.4 Å². The number of anilines is 1. The standard InChI is InChI=1S/C14H11N3O/c15-8-12-11-5-1-2-6-13(11)17-14(12)16-9-10-4-3-7-18-10/h1-7,16-17H,9H2. The van der Waals surface area contributed by atoms with Gasteiger partial charge in [0.05, 0.1) is 12.8 Å². The average Bonchev–Trinajstić information content (AvgIpc) is 3.03. The minimum atomic E-state index is 0.550. The highest BCUT2D eigenvalue weighted by Gasteiger charge is 2.10. The third kappa shape index (κ3) is 1.72. The maximum atomic E-state index is 9.23. The molecule has 0 unspecified atom stereocenters. The SMILES string of the molecule is N#Cc1c(NCc2ccco2)[nH]c2ccccc12. The molecule has 0 atom stereocenters. The lowest BCUT2D eigenvalue weighted by atomic mass is 10.2. The first-order valence-corrected chi connectivity index (χ1v) is 5.65. The number of nitrogens with one attached hydrogen (secondary N) is 2. The zero-order chi connectivity index (χ0) is 12.4. The number of aromatic nitrogens is 1. The quantitative estimate of drug-likeness (QED) is 0.734. The summed E-state index contributed by atoms with van der Waals surface area (Å²) in [6, 6.07) is 13.7. The van der Waals surface area contributed by atoms with Crippen molar-refractivity contribution in [2.75, 3.05) is 5.32 Å². The average molecular weight is 237 g/mol. The van der Waals surface area contributed by atoms with Gasteiger partial charge in [0.15, 0.2) is 0 Å². The van der Waals surface area contributed by atoms with Crippen LogP contribution in [0.2, 0.25) is 0 Å².